The number of hydrogen-bond acceptors (Lipinski definition) is 2. The second-order valence-corrected chi connectivity index (χ2v) is 3.72. The third-order valence-corrected chi connectivity index (χ3v) is 3.25. The van der Waals surface area contributed by atoms with Gasteiger partial charge in [-0.1, -0.05) is 6.58 Å². The maximum absolute atomic E-state index is 10.7. The van der Waals surface area contributed by atoms with Crippen LogP contribution in [0.3, 0.4) is 0 Å². The van der Waals surface area contributed by atoms with E-state index in [0.717, 1.165) is 11.3 Å². The number of hydrogen-bond donors (Lipinski definition) is 1. The summed E-state index contributed by atoms with van der Waals surface area (Å²) >= 11 is 1.64. The first-order valence-corrected chi connectivity index (χ1v) is 4.22. The van der Waals surface area contributed by atoms with Crippen LogP contribution in [0.25, 0.3) is 0 Å². The summed E-state index contributed by atoms with van der Waals surface area (Å²) in [5, 5.41) is 8.77. The van der Waals surface area contributed by atoms with Crippen LogP contribution in [0.4, 0.5) is 0 Å². The third kappa shape index (κ3) is 0.944. The van der Waals surface area contributed by atoms with E-state index in [-0.39, 0.29) is 0 Å². The summed E-state index contributed by atoms with van der Waals surface area (Å²) in [6, 6.07) is 0. The Balaban J connectivity index is 2.86. The van der Waals surface area contributed by atoms with Gasteiger partial charge in [0.2, 0.25) is 0 Å². The van der Waals surface area contributed by atoms with Crippen LogP contribution in [0.15, 0.2) is 12.2 Å². The van der Waals surface area contributed by atoms with Crippen molar-refractivity contribution < 1.29 is 9.90 Å². The molecular weight excluding hydrogens is 148 g/mol. The van der Waals surface area contributed by atoms with Crippen molar-refractivity contribution in [1.29, 1.82) is 0 Å². The molecule has 10 heavy (non-hydrogen) atoms. The summed E-state index contributed by atoms with van der Waals surface area (Å²) in [4.78, 5) is 10.7. The molecule has 0 bridgehead atoms. The molecule has 1 heterocycles. The van der Waals surface area contributed by atoms with E-state index in [2.05, 4.69) is 6.58 Å². The fourth-order valence-corrected chi connectivity index (χ4v) is 2.26. The van der Waals surface area contributed by atoms with Crippen molar-refractivity contribution >= 4 is 17.7 Å². The van der Waals surface area contributed by atoms with E-state index in [1.165, 1.54) is 0 Å². The molecule has 0 radical (unpaired) electrons. The van der Waals surface area contributed by atoms with Crippen LogP contribution in [0.2, 0.25) is 0 Å². The Kier molecular flexibility index (Phi) is 1.77. The van der Waals surface area contributed by atoms with Crippen LogP contribution in [-0.4, -0.2) is 22.6 Å². The van der Waals surface area contributed by atoms with Crippen molar-refractivity contribution in [3.63, 3.8) is 0 Å². The molecule has 1 atom stereocenters. The molecule has 0 spiro atoms. The van der Waals surface area contributed by atoms with Gasteiger partial charge in [0.15, 0.2) is 0 Å². The zero-order chi connectivity index (χ0) is 7.78. The predicted octanol–water partition coefficient (Wildman–Crippen LogP) is 1.38. The van der Waals surface area contributed by atoms with E-state index >= 15 is 0 Å². The highest BCUT2D eigenvalue weighted by Crippen LogP contribution is 2.39. The van der Waals surface area contributed by atoms with Crippen molar-refractivity contribution in [3.8, 4) is 0 Å². The van der Waals surface area contributed by atoms with Gasteiger partial charge in [-0.15, -0.1) is 0 Å². The zero-order valence-corrected chi connectivity index (χ0v) is 6.70. The van der Waals surface area contributed by atoms with E-state index in [1.54, 1.807) is 18.7 Å². The molecular formula is C7H10O2S. The second kappa shape index (κ2) is 2.31. The van der Waals surface area contributed by atoms with E-state index < -0.39 is 11.4 Å². The standard InChI is InChI=1S/C7H10O2S/c1-5-3-10-4-7(5,2)6(8)9/h1,3-4H2,2H3,(H,8,9). The molecule has 0 aromatic carbocycles. The monoisotopic (exact) mass is 158 g/mol. The molecule has 1 rings (SSSR count). The maximum atomic E-state index is 10.7. The number of thioether (sulfide) groups is 1. The van der Waals surface area contributed by atoms with Gasteiger partial charge in [0.1, 0.15) is 0 Å². The van der Waals surface area contributed by atoms with Gasteiger partial charge in [0.25, 0.3) is 0 Å². The Morgan fingerprint density at radius 1 is 1.90 bits per heavy atom. The maximum Gasteiger partial charge on any atom is 0.314 e. The van der Waals surface area contributed by atoms with Crippen LogP contribution in [-0.2, 0) is 4.79 Å². The molecule has 0 aliphatic carbocycles. The van der Waals surface area contributed by atoms with E-state index in [0.29, 0.717) is 5.75 Å². The predicted molar refractivity (Wildman–Crippen MR) is 42.2 cm³/mol. The molecule has 56 valence electrons. The SMILES string of the molecule is C=C1CSCC1(C)C(=O)O. The minimum Gasteiger partial charge on any atom is -0.481 e. The largest absolute Gasteiger partial charge is 0.481 e. The lowest BCUT2D eigenvalue weighted by atomic mass is 9.86. The van der Waals surface area contributed by atoms with Crippen LogP contribution < -0.4 is 0 Å². The molecule has 1 aliphatic heterocycles. The van der Waals surface area contributed by atoms with Gasteiger partial charge in [-0.05, 0) is 12.5 Å². The topological polar surface area (TPSA) is 37.3 Å². The third-order valence-electron chi connectivity index (χ3n) is 1.92. The molecule has 2 nitrogen and oxygen atoms in total. The van der Waals surface area contributed by atoms with Gasteiger partial charge in [-0.25, -0.2) is 0 Å². The normalized spacial score (nSPS) is 32.7. The Morgan fingerprint density at radius 2 is 2.50 bits per heavy atom. The Hall–Kier alpha value is -0.440. The van der Waals surface area contributed by atoms with Gasteiger partial charge < -0.3 is 5.11 Å². The molecule has 1 fully saturated rings. The molecule has 0 aromatic rings. The van der Waals surface area contributed by atoms with Gasteiger partial charge >= 0.3 is 5.97 Å². The highest BCUT2D eigenvalue weighted by Gasteiger charge is 2.40. The van der Waals surface area contributed by atoms with Crippen LogP contribution >= 0.6 is 11.8 Å². The van der Waals surface area contributed by atoms with E-state index in [9.17, 15) is 4.79 Å². The first-order chi connectivity index (χ1) is 4.57. The van der Waals surface area contributed by atoms with Gasteiger partial charge in [-0.3, -0.25) is 4.79 Å². The van der Waals surface area contributed by atoms with Crippen molar-refractivity contribution in [3.05, 3.63) is 12.2 Å². The average Bonchev–Trinajstić information content (AvgIpc) is 2.15. The summed E-state index contributed by atoms with van der Waals surface area (Å²) < 4.78 is 0. The Morgan fingerprint density at radius 3 is 2.70 bits per heavy atom. The molecule has 1 unspecified atom stereocenters. The average molecular weight is 158 g/mol. The Bertz CT molecular complexity index is 188. The fraction of sp³-hybridized carbons (Fsp3) is 0.571. The van der Waals surface area contributed by atoms with E-state index in [4.69, 9.17) is 5.11 Å². The smallest absolute Gasteiger partial charge is 0.314 e. The number of carboxylic acids is 1. The molecule has 0 aromatic heterocycles. The lowest BCUT2D eigenvalue weighted by Crippen LogP contribution is -2.28. The quantitative estimate of drug-likeness (QED) is 0.586. The van der Waals surface area contributed by atoms with Gasteiger partial charge in [-0.2, -0.15) is 11.8 Å². The lowest BCUT2D eigenvalue weighted by molar-refractivity contribution is -0.144. The summed E-state index contributed by atoms with van der Waals surface area (Å²) in [5.74, 6) is 0.715. The number of carbonyl (C=O) groups is 1. The van der Waals surface area contributed by atoms with Crippen molar-refractivity contribution in [2.45, 2.75) is 6.92 Å². The summed E-state index contributed by atoms with van der Waals surface area (Å²) in [6.45, 7) is 5.46. The summed E-state index contributed by atoms with van der Waals surface area (Å²) in [5.41, 5.74) is 0.176. The fourth-order valence-electron chi connectivity index (χ4n) is 0.853. The molecule has 1 N–H and O–H groups in total. The van der Waals surface area contributed by atoms with Crippen LogP contribution in [0.1, 0.15) is 6.92 Å². The molecule has 1 aliphatic rings. The molecule has 1 saturated heterocycles. The molecule has 3 heteroatoms. The van der Waals surface area contributed by atoms with Crippen molar-refractivity contribution in [2.24, 2.45) is 5.41 Å². The highest BCUT2D eigenvalue weighted by molar-refractivity contribution is 7.99. The van der Waals surface area contributed by atoms with Crippen LogP contribution in [0, 0.1) is 5.41 Å². The number of carboxylic acid groups (broad SMARTS) is 1. The van der Waals surface area contributed by atoms with Gasteiger partial charge in [0, 0.05) is 11.5 Å². The highest BCUT2D eigenvalue weighted by atomic mass is 32.2. The number of aliphatic carboxylic acids is 1. The minimum absolute atomic E-state index is 0.662. The first-order valence-electron chi connectivity index (χ1n) is 3.07. The zero-order valence-electron chi connectivity index (χ0n) is 5.89. The molecule has 0 saturated carbocycles. The van der Waals surface area contributed by atoms with Crippen molar-refractivity contribution in [2.75, 3.05) is 11.5 Å². The van der Waals surface area contributed by atoms with Crippen LogP contribution in [0.5, 0.6) is 0 Å². The second-order valence-electron chi connectivity index (χ2n) is 2.73. The van der Waals surface area contributed by atoms with E-state index in [1.807, 2.05) is 0 Å². The first kappa shape index (κ1) is 7.66. The molecule has 0 amide bonds. The summed E-state index contributed by atoms with van der Waals surface area (Å²) in [6.07, 6.45) is 0. The summed E-state index contributed by atoms with van der Waals surface area (Å²) in [7, 11) is 0. The lowest BCUT2D eigenvalue weighted by Gasteiger charge is -2.17. The Labute approximate surface area is 64.3 Å². The van der Waals surface area contributed by atoms with Crippen molar-refractivity contribution in [1.82, 2.24) is 0 Å². The number of rotatable bonds is 1. The van der Waals surface area contributed by atoms with Gasteiger partial charge in [0.05, 0.1) is 5.41 Å². The minimum atomic E-state index is -0.748.